The molecule has 0 unspecified atom stereocenters. The number of aromatic amines is 1. The van der Waals surface area contributed by atoms with E-state index in [9.17, 15) is 18.7 Å². The maximum atomic E-state index is 13.6. The molecule has 0 amide bonds. The average Bonchev–Trinajstić information content (AvgIpc) is 2.88. The van der Waals surface area contributed by atoms with Crippen molar-refractivity contribution in [3.8, 4) is 11.1 Å². The highest BCUT2D eigenvalue weighted by atomic mass is 35.5. The molecule has 2 N–H and O–H groups in total. The van der Waals surface area contributed by atoms with Crippen molar-refractivity contribution in [1.29, 1.82) is 0 Å². The molecule has 3 rings (SSSR count). The Hall–Kier alpha value is -2.25. The van der Waals surface area contributed by atoms with Gasteiger partial charge in [-0.2, -0.15) is 0 Å². The van der Waals surface area contributed by atoms with Gasteiger partial charge in [-0.05, 0) is 24.1 Å². The maximum absolute atomic E-state index is 13.6. The SMILES string of the molecule is CC[C@@H](CO)n1c(=O)[nH]c2ncc(Cl)c(-c3ccc(F)c(F)c3)c21. The third-order valence-electron chi connectivity index (χ3n) is 3.95. The molecule has 126 valence electrons. The molecule has 8 heteroatoms. The van der Waals surface area contributed by atoms with Gasteiger partial charge in [-0.25, -0.2) is 18.6 Å². The van der Waals surface area contributed by atoms with Crippen LogP contribution in [0.5, 0.6) is 0 Å². The fourth-order valence-electron chi connectivity index (χ4n) is 2.74. The number of halogens is 3. The van der Waals surface area contributed by atoms with Gasteiger partial charge >= 0.3 is 5.69 Å². The molecule has 0 bridgehead atoms. The number of benzene rings is 1. The van der Waals surface area contributed by atoms with Gasteiger partial charge in [0.15, 0.2) is 17.3 Å². The normalized spacial score (nSPS) is 12.7. The summed E-state index contributed by atoms with van der Waals surface area (Å²) >= 11 is 6.23. The van der Waals surface area contributed by atoms with Crippen LogP contribution in [0.4, 0.5) is 8.78 Å². The van der Waals surface area contributed by atoms with Crippen molar-refractivity contribution in [3.05, 3.63) is 51.5 Å². The zero-order valence-electron chi connectivity index (χ0n) is 12.7. The lowest BCUT2D eigenvalue weighted by molar-refractivity contribution is 0.225. The molecular formula is C16H14ClF2N3O2. The van der Waals surface area contributed by atoms with E-state index in [-0.39, 0.29) is 17.3 Å². The van der Waals surface area contributed by atoms with Crippen LogP contribution in [0.2, 0.25) is 5.02 Å². The smallest absolute Gasteiger partial charge is 0.328 e. The summed E-state index contributed by atoms with van der Waals surface area (Å²) in [5, 5.41) is 9.75. The molecule has 2 heterocycles. The van der Waals surface area contributed by atoms with E-state index in [0.29, 0.717) is 23.1 Å². The molecular weight excluding hydrogens is 340 g/mol. The monoisotopic (exact) mass is 353 g/mol. The minimum Gasteiger partial charge on any atom is -0.394 e. The third kappa shape index (κ3) is 2.59. The quantitative estimate of drug-likeness (QED) is 0.756. The zero-order valence-corrected chi connectivity index (χ0v) is 13.4. The summed E-state index contributed by atoms with van der Waals surface area (Å²) in [6.45, 7) is 1.56. The van der Waals surface area contributed by atoms with Crippen LogP contribution in [0.15, 0.2) is 29.2 Å². The summed E-state index contributed by atoms with van der Waals surface area (Å²) < 4.78 is 28.2. The summed E-state index contributed by atoms with van der Waals surface area (Å²) in [5.74, 6) is -2.00. The standard InChI is InChI=1S/C16H14ClF2N3O2/c1-2-9(7-23)22-14-13(8-3-4-11(18)12(19)5-8)10(17)6-20-15(14)21-16(22)24/h3-6,9,23H,2,7H2,1H3,(H,20,21,24)/t9-/m0/s1. The van der Waals surface area contributed by atoms with Crippen LogP contribution in [-0.4, -0.2) is 26.2 Å². The predicted octanol–water partition coefficient (Wildman–Crippen LogP) is 3.27. The number of nitrogens with one attached hydrogen (secondary N) is 1. The van der Waals surface area contributed by atoms with Crippen LogP contribution in [0.25, 0.3) is 22.3 Å². The van der Waals surface area contributed by atoms with Gasteiger partial charge in [0.25, 0.3) is 0 Å². The van der Waals surface area contributed by atoms with Crippen molar-refractivity contribution in [2.45, 2.75) is 19.4 Å². The van der Waals surface area contributed by atoms with E-state index in [4.69, 9.17) is 11.6 Å². The Kier molecular flexibility index (Phi) is 4.38. The molecule has 0 fully saturated rings. The lowest BCUT2D eigenvalue weighted by Crippen LogP contribution is -2.24. The second-order valence-electron chi connectivity index (χ2n) is 5.35. The fourth-order valence-corrected chi connectivity index (χ4v) is 2.98. The third-order valence-corrected chi connectivity index (χ3v) is 4.23. The molecule has 24 heavy (non-hydrogen) atoms. The van der Waals surface area contributed by atoms with Crippen LogP contribution in [0.3, 0.4) is 0 Å². The van der Waals surface area contributed by atoms with E-state index in [0.717, 1.165) is 12.1 Å². The van der Waals surface area contributed by atoms with Crippen molar-refractivity contribution < 1.29 is 13.9 Å². The summed E-state index contributed by atoms with van der Waals surface area (Å²) in [6.07, 6.45) is 1.83. The molecule has 2 aromatic heterocycles. The number of H-pyrrole nitrogens is 1. The van der Waals surface area contributed by atoms with E-state index in [1.165, 1.54) is 16.8 Å². The summed E-state index contributed by atoms with van der Waals surface area (Å²) in [4.78, 5) is 19.0. The van der Waals surface area contributed by atoms with E-state index in [1.807, 2.05) is 6.92 Å². The maximum Gasteiger partial charge on any atom is 0.328 e. The first-order valence-electron chi connectivity index (χ1n) is 7.32. The average molecular weight is 354 g/mol. The van der Waals surface area contributed by atoms with Gasteiger partial charge in [-0.3, -0.25) is 9.55 Å². The van der Waals surface area contributed by atoms with Gasteiger partial charge in [-0.1, -0.05) is 24.6 Å². The number of aromatic nitrogens is 3. The van der Waals surface area contributed by atoms with Gasteiger partial charge in [0, 0.05) is 11.8 Å². The molecule has 0 saturated carbocycles. The van der Waals surface area contributed by atoms with Crippen LogP contribution < -0.4 is 5.69 Å². The Morgan fingerprint density at radius 2 is 2.12 bits per heavy atom. The van der Waals surface area contributed by atoms with Crippen LogP contribution >= 0.6 is 11.6 Å². The number of rotatable bonds is 4. The predicted molar refractivity (Wildman–Crippen MR) is 87.1 cm³/mol. The zero-order chi connectivity index (χ0) is 17.4. The topological polar surface area (TPSA) is 70.9 Å². The van der Waals surface area contributed by atoms with Gasteiger partial charge in [0.05, 0.1) is 23.2 Å². The highest BCUT2D eigenvalue weighted by molar-refractivity contribution is 6.34. The Labute approximate surface area is 140 Å². The Bertz CT molecular complexity index is 964. The molecule has 3 aromatic rings. The first-order chi connectivity index (χ1) is 11.5. The molecule has 0 radical (unpaired) electrons. The van der Waals surface area contributed by atoms with Gasteiger partial charge in [-0.15, -0.1) is 0 Å². The number of aliphatic hydroxyl groups is 1. The second-order valence-corrected chi connectivity index (χ2v) is 5.76. The Morgan fingerprint density at radius 1 is 1.38 bits per heavy atom. The highest BCUT2D eigenvalue weighted by Crippen LogP contribution is 2.35. The van der Waals surface area contributed by atoms with E-state index < -0.39 is 23.4 Å². The number of pyridine rings is 1. The molecule has 0 aliphatic carbocycles. The first-order valence-corrected chi connectivity index (χ1v) is 7.70. The minimum atomic E-state index is -1.02. The molecule has 1 aromatic carbocycles. The number of hydrogen-bond acceptors (Lipinski definition) is 3. The van der Waals surface area contributed by atoms with Crippen molar-refractivity contribution >= 4 is 22.8 Å². The van der Waals surface area contributed by atoms with Gasteiger partial charge in [0.1, 0.15) is 0 Å². The van der Waals surface area contributed by atoms with E-state index >= 15 is 0 Å². The molecule has 0 saturated heterocycles. The lowest BCUT2D eigenvalue weighted by Gasteiger charge is -2.16. The number of fused-ring (bicyclic) bond motifs is 1. The number of aliphatic hydroxyl groups excluding tert-OH is 1. The van der Waals surface area contributed by atoms with Gasteiger partial charge < -0.3 is 5.11 Å². The summed E-state index contributed by atoms with van der Waals surface area (Å²) in [7, 11) is 0. The molecule has 5 nitrogen and oxygen atoms in total. The number of nitrogens with zero attached hydrogens (tertiary/aromatic N) is 2. The van der Waals surface area contributed by atoms with Gasteiger partial charge in [0.2, 0.25) is 0 Å². The second kappa shape index (κ2) is 6.33. The van der Waals surface area contributed by atoms with E-state index in [1.54, 1.807) is 0 Å². The van der Waals surface area contributed by atoms with Crippen LogP contribution in [-0.2, 0) is 0 Å². The number of hydrogen-bond donors (Lipinski definition) is 2. The summed E-state index contributed by atoms with van der Waals surface area (Å²) in [6, 6.07) is 2.89. The summed E-state index contributed by atoms with van der Waals surface area (Å²) in [5.41, 5.74) is 0.817. The lowest BCUT2D eigenvalue weighted by atomic mass is 10.0. The molecule has 0 aliphatic heterocycles. The Morgan fingerprint density at radius 3 is 2.75 bits per heavy atom. The highest BCUT2D eigenvalue weighted by Gasteiger charge is 2.21. The minimum absolute atomic E-state index is 0.189. The van der Waals surface area contributed by atoms with Crippen molar-refractivity contribution in [2.75, 3.05) is 6.61 Å². The van der Waals surface area contributed by atoms with Crippen molar-refractivity contribution in [3.63, 3.8) is 0 Å². The largest absolute Gasteiger partial charge is 0.394 e. The molecule has 1 atom stereocenters. The van der Waals surface area contributed by atoms with Crippen molar-refractivity contribution in [1.82, 2.24) is 14.5 Å². The van der Waals surface area contributed by atoms with Crippen molar-refractivity contribution in [2.24, 2.45) is 0 Å². The van der Waals surface area contributed by atoms with Crippen LogP contribution in [0, 0.1) is 11.6 Å². The number of imidazole rings is 1. The Balaban J connectivity index is 2.40. The molecule has 0 spiro atoms. The molecule has 0 aliphatic rings. The van der Waals surface area contributed by atoms with E-state index in [2.05, 4.69) is 9.97 Å². The first kappa shape index (κ1) is 16.6. The fraction of sp³-hybridized carbons (Fsp3) is 0.250. The van der Waals surface area contributed by atoms with Crippen LogP contribution in [0.1, 0.15) is 19.4 Å².